The molecule has 0 amide bonds. The molecule has 7 heteroatoms. The quantitative estimate of drug-likeness (QED) is 0.768. The van der Waals surface area contributed by atoms with Crippen molar-refractivity contribution >= 4 is 15.8 Å². The molecule has 110 valence electrons. The molecule has 0 bridgehead atoms. The Hall–Kier alpha value is -1.50. The first-order chi connectivity index (χ1) is 9.34. The van der Waals surface area contributed by atoms with Crippen LogP contribution in [0.1, 0.15) is 59.7 Å². The fourth-order valence-corrected chi connectivity index (χ4v) is 2.33. The van der Waals surface area contributed by atoms with E-state index in [9.17, 15) is 13.2 Å². The molecule has 2 rings (SSSR count). The first-order valence-corrected chi connectivity index (χ1v) is 8.52. The Morgan fingerprint density at radius 2 is 2.15 bits per heavy atom. The van der Waals surface area contributed by atoms with Crippen LogP contribution < -0.4 is 0 Å². The summed E-state index contributed by atoms with van der Waals surface area (Å²) < 4.78 is 28.1. The third-order valence-corrected chi connectivity index (χ3v) is 4.80. The molecule has 1 saturated carbocycles. The molecule has 6 nitrogen and oxygen atoms in total. The van der Waals surface area contributed by atoms with Crippen LogP contribution in [0.15, 0.2) is 6.20 Å². The Labute approximate surface area is 118 Å². The average molecular weight is 298 g/mol. The lowest BCUT2D eigenvalue weighted by Crippen LogP contribution is -2.16. The summed E-state index contributed by atoms with van der Waals surface area (Å²) >= 11 is 0. The number of rotatable bonds is 5. The number of carbonyl (C=O) groups is 1. The van der Waals surface area contributed by atoms with Gasteiger partial charge in [0.25, 0.3) is 0 Å². The highest BCUT2D eigenvalue weighted by atomic mass is 32.2. The van der Waals surface area contributed by atoms with Crippen molar-refractivity contribution in [2.75, 3.05) is 12.9 Å². The highest BCUT2D eigenvalue weighted by Crippen LogP contribution is 2.41. The fourth-order valence-electron chi connectivity index (χ4n) is 1.83. The minimum absolute atomic E-state index is 0.211. The lowest BCUT2D eigenvalue weighted by atomic mass is 10.1. The Morgan fingerprint density at radius 1 is 1.50 bits per heavy atom. The van der Waals surface area contributed by atoms with E-state index in [1.54, 1.807) is 13.8 Å². The van der Waals surface area contributed by atoms with E-state index in [0.717, 1.165) is 19.1 Å². The van der Waals surface area contributed by atoms with Crippen molar-refractivity contribution in [3.8, 4) is 0 Å². The van der Waals surface area contributed by atoms with Gasteiger partial charge in [0, 0.05) is 18.4 Å². The number of esters is 1. The standard InChI is InChI=1S/C13H18N2O4S/c1-4-19-13(16)10-7-14-12(8(2)20(3,17)18)15-11(10)9-5-6-9/h7-9H,4-6H2,1-3H3. The molecule has 0 saturated heterocycles. The minimum atomic E-state index is -3.26. The van der Waals surface area contributed by atoms with Gasteiger partial charge in [-0.3, -0.25) is 0 Å². The summed E-state index contributed by atoms with van der Waals surface area (Å²) in [7, 11) is -3.26. The van der Waals surface area contributed by atoms with E-state index in [1.165, 1.54) is 6.20 Å². The maximum atomic E-state index is 11.9. The number of sulfone groups is 1. The molecule has 1 aliphatic rings. The van der Waals surface area contributed by atoms with E-state index >= 15 is 0 Å². The largest absolute Gasteiger partial charge is 0.462 e. The molecule has 0 spiro atoms. The van der Waals surface area contributed by atoms with Crippen molar-refractivity contribution in [1.82, 2.24) is 9.97 Å². The molecular formula is C13H18N2O4S. The van der Waals surface area contributed by atoms with Gasteiger partial charge in [-0.1, -0.05) is 0 Å². The predicted molar refractivity (Wildman–Crippen MR) is 73.2 cm³/mol. The third kappa shape index (κ3) is 3.15. The SMILES string of the molecule is CCOC(=O)c1cnc(C(C)S(C)(=O)=O)nc1C1CC1. The third-order valence-electron chi connectivity index (χ3n) is 3.30. The van der Waals surface area contributed by atoms with Gasteiger partial charge in [-0.25, -0.2) is 23.2 Å². The number of nitrogens with zero attached hydrogens (tertiary/aromatic N) is 2. The fraction of sp³-hybridized carbons (Fsp3) is 0.615. The van der Waals surface area contributed by atoms with Crippen molar-refractivity contribution in [1.29, 1.82) is 0 Å². The van der Waals surface area contributed by atoms with Crippen LogP contribution in [0.25, 0.3) is 0 Å². The first-order valence-electron chi connectivity index (χ1n) is 6.57. The van der Waals surface area contributed by atoms with Crippen molar-refractivity contribution in [2.45, 2.75) is 37.9 Å². The highest BCUT2D eigenvalue weighted by molar-refractivity contribution is 7.90. The van der Waals surface area contributed by atoms with Gasteiger partial charge in [0.05, 0.1) is 17.9 Å². The van der Waals surface area contributed by atoms with Crippen molar-refractivity contribution in [3.05, 3.63) is 23.3 Å². The minimum Gasteiger partial charge on any atom is -0.462 e. The van der Waals surface area contributed by atoms with Crippen LogP contribution in [-0.2, 0) is 14.6 Å². The molecule has 1 heterocycles. The van der Waals surface area contributed by atoms with Gasteiger partial charge in [0.2, 0.25) is 0 Å². The number of hydrogen-bond donors (Lipinski definition) is 0. The Kier molecular flexibility index (Phi) is 4.08. The van der Waals surface area contributed by atoms with Crippen LogP contribution in [0.4, 0.5) is 0 Å². The summed E-state index contributed by atoms with van der Waals surface area (Å²) in [4.78, 5) is 20.2. The topological polar surface area (TPSA) is 86.2 Å². The van der Waals surface area contributed by atoms with Gasteiger partial charge in [0.15, 0.2) is 9.84 Å². The van der Waals surface area contributed by atoms with E-state index in [2.05, 4.69) is 9.97 Å². The van der Waals surface area contributed by atoms with Gasteiger partial charge in [-0.15, -0.1) is 0 Å². The van der Waals surface area contributed by atoms with E-state index < -0.39 is 21.1 Å². The average Bonchev–Trinajstić information content (AvgIpc) is 3.20. The van der Waals surface area contributed by atoms with Crippen LogP contribution in [0, 0.1) is 0 Å². The number of hydrogen-bond acceptors (Lipinski definition) is 6. The molecule has 1 aromatic heterocycles. The molecular weight excluding hydrogens is 280 g/mol. The molecule has 1 fully saturated rings. The van der Waals surface area contributed by atoms with Gasteiger partial charge >= 0.3 is 5.97 Å². The number of carbonyl (C=O) groups excluding carboxylic acids is 1. The van der Waals surface area contributed by atoms with Crippen LogP contribution in [-0.4, -0.2) is 37.2 Å². The van der Waals surface area contributed by atoms with E-state index in [4.69, 9.17) is 4.74 Å². The Bertz CT molecular complexity index is 623. The van der Waals surface area contributed by atoms with Crippen molar-refractivity contribution in [3.63, 3.8) is 0 Å². The van der Waals surface area contributed by atoms with Crippen LogP contribution >= 0.6 is 0 Å². The molecule has 1 atom stereocenters. The van der Waals surface area contributed by atoms with Crippen molar-refractivity contribution in [2.24, 2.45) is 0 Å². The summed E-state index contributed by atoms with van der Waals surface area (Å²) in [6.45, 7) is 3.56. The zero-order valence-electron chi connectivity index (χ0n) is 11.8. The van der Waals surface area contributed by atoms with E-state index in [-0.39, 0.29) is 18.3 Å². The summed E-state index contributed by atoms with van der Waals surface area (Å²) in [5.41, 5.74) is 0.961. The smallest absolute Gasteiger partial charge is 0.341 e. The van der Waals surface area contributed by atoms with E-state index in [0.29, 0.717) is 11.3 Å². The normalized spacial score (nSPS) is 16.8. The summed E-state index contributed by atoms with van der Waals surface area (Å²) in [6, 6.07) is 0. The zero-order valence-corrected chi connectivity index (χ0v) is 12.6. The molecule has 20 heavy (non-hydrogen) atoms. The summed E-state index contributed by atoms with van der Waals surface area (Å²) in [5.74, 6) is -0.00155. The second-order valence-corrected chi connectivity index (χ2v) is 7.36. The Balaban J connectivity index is 2.40. The molecule has 1 aromatic rings. The van der Waals surface area contributed by atoms with Gasteiger partial charge in [-0.2, -0.15) is 0 Å². The molecule has 0 radical (unpaired) electrons. The molecule has 0 aromatic carbocycles. The highest BCUT2D eigenvalue weighted by Gasteiger charge is 2.32. The molecule has 0 aliphatic heterocycles. The first kappa shape index (κ1) is 14.9. The lowest BCUT2D eigenvalue weighted by molar-refractivity contribution is 0.0523. The number of aromatic nitrogens is 2. The van der Waals surface area contributed by atoms with Gasteiger partial charge < -0.3 is 4.74 Å². The van der Waals surface area contributed by atoms with Crippen LogP contribution in [0.2, 0.25) is 0 Å². The second kappa shape index (κ2) is 5.47. The molecule has 1 aliphatic carbocycles. The van der Waals surface area contributed by atoms with Crippen LogP contribution in [0.5, 0.6) is 0 Å². The monoisotopic (exact) mass is 298 g/mol. The van der Waals surface area contributed by atoms with Crippen LogP contribution in [0.3, 0.4) is 0 Å². The molecule has 1 unspecified atom stereocenters. The maximum absolute atomic E-state index is 11.9. The summed E-state index contributed by atoms with van der Waals surface area (Å²) in [6.07, 6.45) is 4.44. The Morgan fingerprint density at radius 3 is 2.65 bits per heavy atom. The predicted octanol–water partition coefficient (Wildman–Crippen LogP) is 1.64. The lowest BCUT2D eigenvalue weighted by Gasteiger charge is -2.12. The summed E-state index contributed by atoms with van der Waals surface area (Å²) in [5, 5.41) is -0.781. The maximum Gasteiger partial charge on any atom is 0.341 e. The second-order valence-electron chi connectivity index (χ2n) is 4.99. The van der Waals surface area contributed by atoms with Gasteiger partial charge in [-0.05, 0) is 26.7 Å². The van der Waals surface area contributed by atoms with E-state index in [1.807, 2.05) is 0 Å². The zero-order chi connectivity index (χ0) is 14.9. The van der Waals surface area contributed by atoms with Gasteiger partial charge in [0.1, 0.15) is 11.1 Å². The molecule has 0 N–H and O–H groups in total. The van der Waals surface area contributed by atoms with Crippen molar-refractivity contribution < 1.29 is 17.9 Å². The number of ether oxygens (including phenoxy) is 1.